The van der Waals surface area contributed by atoms with Crippen LogP contribution in [0.15, 0.2) is 48.9 Å². The minimum absolute atomic E-state index is 0.143. The minimum Gasteiger partial charge on any atom is -0.343 e. The summed E-state index contributed by atoms with van der Waals surface area (Å²) in [7, 11) is 0. The SMILES string of the molecule is Fc1cccc2c1c(CNC1CC1)cn2Cc1cccnc1. The van der Waals surface area contributed by atoms with Crippen LogP contribution in [0.5, 0.6) is 0 Å². The van der Waals surface area contributed by atoms with Crippen molar-refractivity contribution in [3.05, 3.63) is 65.9 Å². The first-order valence-corrected chi connectivity index (χ1v) is 7.70. The van der Waals surface area contributed by atoms with Crippen LogP contribution in [0.2, 0.25) is 0 Å². The monoisotopic (exact) mass is 295 g/mol. The summed E-state index contributed by atoms with van der Waals surface area (Å²) >= 11 is 0. The lowest BCUT2D eigenvalue weighted by Gasteiger charge is -2.05. The van der Waals surface area contributed by atoms with Crippen molar-refractivity contribution < 1.29 is 4.39 Å². The summed E-state index contributed by atoms with van der Waals surface area (Å²) in [6, 6.07) is 9.88. The van der Waals surface area contributed by atoms with Gasteiger partial charge in [-0.25, -0.2) is 4.39 Å². The molecule has 4 heteroatoms. The predicted molar refractivity (Wildman–Crippen MR) is 85.1 cm³/mol. The number of hydrogen-bond donors (Lipinski definition) is 1. The van der Waals surface area contributed by atoms with Crippen molar-refractivity contribution in [2.75, 3.05) is 0 Å². The van der Waals surface area contributed by atoms with Crippen LogP contribution in [0.1, 0.15) is 24.0 Å². The average molecular weight is 295 g/mol. The summed E-state index contributed by atoms with van der Waals surface area (Å²) in [5.41, 5.74) is 3.09. The second kappa shape index (κ2) is 5.54. The molecule has 3 aromatic rings. The van der Waals surface area contributed by atoms with Gasteiger partial charge in [-0.1, -0.05) is 12.1 Å². The normalized spacial score (nSPS) is 14.6. The second-order valence-corrected chi connectivity index (χ2v) is 5.93. The Morgan fingerprint density at radius 2 is 2.14 bits per heavy atom. The van der Waals surface area contributed by atoms with E-state index in [0.717, 1.165) is 28.6 Å². The van der Waals surface area contributed by atoms with E-state index < -0.39 is 0 Å². The summed E-state index contributed by atoms with van der Waals surface area (Å²) in [6.07, 6.45) is 8.15. The zero-order valence-corrected chi connectivity index (χ0v) is 12.3. The molecule has 3 nitrogen and oxygen atoms in total. The highest BCUT2D eigenvalue weighted by Crippen LogP contribution is 2.26. The molecule has 0 amide bonds. The summed E-state index contributed by atoms with van der Waals surface area (Å²) in [5, 5.41) is 4.21. The van der Waals surface area contributed by atoms with E-state index in [-0.39, 0.29) is 5.82 Å². The van der Waals surface area contributed by atoms with Gasteiger partial charge in [-0.05, 0) is 42.2 Å². The van der Waals surface area contributed by atoms with Gasteiger partial charge in [0, 0.05) is 43.1 Å². The molecule has 0 atom stereocenters. The molecule has 1 N–H and O–H groups in total. The van der Waals surface area contributed by atoms with Gasteiger partial charge in [0.15, 0.2) is 0 Å². The van der Waals surface area contributed by atoms with Gasteiger partial charge in [0.2, 0.25) is 0 Å². The Hall–Kier alpha value is -2.20. The van der Waals surface area contributed by atoms with Gasteiger partial charge in [0.25, 0.3) is 0 Å². The Morgan fingerprint density at radius 1 is 1.23 bits per heavy atom. The largest absolute Gasteiger partial charge is 0.343 e. The smallest absolute Gasteiger partial charge is 0.132 e. The third-order valence-corrected chi connectivity index (χ3v) is 4.17. The van der Waals surface area contributed by atoms with Crippen molar-refractivity contribution >= 4 is 10.9 Å². The van der Waals surface area contributed by atoms with Gasteiger partial charge in [0.1, 0.15) is 5.82 Å². The lowest BCUT2D eigenvalue weighted by molar-refractivity contribution is 0.635. The van der Waals surface area contributed by atoms with Crippen molar-refractivity contribution in [1.29, 1.82) is 0 Å². The Bertz CT molecular complexity index is 791. The molecule has 0 radical (unpaired) electrons. The van der Waals surface area contributed by atoms with E-state index in [2.05, 4.69) is 21.1 Å². The molecule has 0 unspecified atom stereocenters. The van der Waals surface area contributed by atoms with Gasteiger partial charge in [-0.3, -0.25) is 4.98 Å². The topological polar surface area (TPSA) is 29.9 Å². The van der Waals surface area contributed by atoms with Gasteiger partial charge in [-0.15, -0.1) is 0 Å². The van der Waals surface area contributed by atoms with Crippen LogP contribution < -0.4 is 5.32 Å². The highest BCUT2D eigenvalue weighted by molar-refractivity contribution is 5.84. The number of nitrogens with zero attached hydrogens (tertiary/aromatic N) is 2. The van der Waals surface area contributed by atoms with Crippen LogP contribution in [0.4, 0.5) is 4.39 Å². The van der Waals surface area contributed by atoms with E-state index in [4.69, 9.17) is 0 Å². The minimum atomic E-state index is -0.143. The van der Waals surface area contributed by atoms with Gasteiger partial charge in [0.05, 0.1) is 5.52 Å². The molecule has 2 aromatic heterocycles. The molecule has 1 fully saturated rings. The van der Waals surface area contributed by atoms with E-state index in [9.17, 15) is 4.39 Å². The van der Waals surface area contributed by atoms with E-state index in [1.54, 1.807) is 12.3 Å². The number of benzene rings is 1. The lowest BCUT2D eigenvalue weighted by Crippen LogP contribution is -2.15. The number of nitrogens with one attached hydrogen (secondary N) is 1. The van der Waals surface area contributed by atoms with Crippen molar-refractivity contribution in [1.82, 2.24) is 14.9 Å². The molecule has 1 aliphatic carbocycles. The first-order chi connectivity index (χ1) is 10.8. The number of rotatable bonds is 5. The molecule has 112 valence electrons. The van der Waals surface area contributed by atoms with Crippen molar-refractivity contribution in [2.24, 2.45) is 0 Å². The predicted octanol–water partition coefficient (Wildman–Crippen LogP) is 3.48. The fourth-order valence-electron chi connectivity index (χ4n) is 2.89. The van der Waals surface area contributed by atoms with Gasteiger partial charge < -0.3 is 9.88 Å². The van der Waals surface area contributed by atoms with Crippen LogP contribution in [-0.2, 0) is 13.1 Å². The number of fused-ring (bicyclic) bond motifs is 1. The highest BCUT2D eigenvalue weighted by atomic mass is 19.1. The number of hydrogen-bond acceptors (Lipinski definition) is 2. The maximum Gasteiger partial charge on any atom is 0.132 e. The van der Waals surface area contributed by atoms with Crippen molar-refractivity contribution in [3.63, 3.8) is 0 Å². The maximum absolute atomic E-state index is 14.3. The third kappa shape index (κ3) is 2.62. The van der Waals surface area contributed by atoms with Crippen LogP contribution in [0, 0.1) is 5.82 Å². The van der Waals surface area contributed by atoms with Crippen LogP contribution >= 0.6 is 0 Å². The molecule has 2 heterocycles. The Labute approximate surface area is 128 Å². The van der Waals surface area contributed by atoms with E-state index in [1.165, 1.54) is 18.9 Å². The van der Waals surface area contributed by atoms with Crippen LogP contribution in [0.3, 0.4) is 0 Å². The Kier molecular flexibility index (Phi) is 3.39. The molecule has 1 aliphatic rings. The number of aromatic nitrogens is 2. The molecule has 22 heavy (non-hydrogen) atoms. The summed E-state index contributed by atoms with van der Waals surface area (Å²) in [6.45, 7) is 1.43. The van der Waals surface area contributed by atoms with Crippen molar-refractivity contribution in [2.45, 2.75) is 32.0 Å². The molecule has 1 aromatic carbocycles. The highest BCUT2D eigenvalue weighted by Gasteiger charge is 2.21. The molecule has 0 aliphatic heterocycles. The zero-order chi connectivity index (χ0) is 14.9. The van der Waals surface area contributed by atoms with Crippen molar-refractivity contribution in [3.8, 4) is 0 Å². The molecule has 0 bridgehead atoms. The summed E-state index contributed by atoms with van der Waals surface area (Å²) in [5.74, 6) is -0.143. The van der Waals surface area contributed by atoms with Crippen LogP contribution in [0.25, 0.3) is 10.9 Å². The number of halogens is 1. The molecular formula is C18H18FN3. The Balaban J connectivity index is 1.72. The molecule has 0 saturated heterocycles. The van der Waals surface area contributed by atoms with E-state index in [1.807, 2.05) is 24.4 Å². The average Bonchev–Trinajstić information content (AvgIpc) is 3.30. The fraction of sp³-hybridized carbons (Fsp3) is 0.278. The number of pyridine rings is 1. The van der Waals surface area contributed by atoms with Gasteiger partial charge in [-0.2, -0.15) is 0 Å². The van der Waals surface area contributed by atoms with Gasteiger partial charge >= 0.3 is 0 Å². The first kappa shape index (κ1) is 13.5. The Morgan fingerprint density at radius 3 is 2.91 bits per heavy atom. The molecule has 0 spiro atoms. The standard InChI is InChI=1S/C18H18FN3/c19-16-4-1-5-17-18(16)14(10-21-15-6-7-15)12-22(17)11-13-3-2-8-20-9-13/h1-5,8-9,12,15,21H,6-7,10-11H2. The van der Waals surface area contributed by atoms with E-state index >= 15 is 0 Å². The molecule has 1 saturated carbocycles. The summed E-state index contributed by atoms with van der Waals surface area (Å²) in [4.78, 5) is 4.15. The third-order valence-electron chi connectivity index (χ3n) is 4.17. The maximum atomic E-state index is 14.3. The quantitative estimate of drug-likeness (QED) is 0.781. The second-order valence-electron chi connectivity index (χ2n) is 5.93. The first-order valence-electron chi connectivity index (χ1n) is 7.70. The van der Waals surface area contributed by atoms with E-state index in [0.29, 0.717) is 12.6 Å². The molecular weight excluding hydrogens is 277 g/mol. The molecule has 4 rings (SSSR count). The fourth-order valence-corrected chi connectivity index (χ4v) is 2.89. The zero-order valence-electron chi connectivity index (χ0n) is 12.3. The van der Waals surface area contributed by atoms with Crippen LogP contribution in [-0.4, -0.2) is 15.6 Å². The lowest BCUT2D eigenvalue weighted by atomic mass is 10.1. The summed E-state index contributed by atoms with van der Waals surface area (Å²) < 4.78 is 16.4.